The van der Waals surface area contributed by atoms with Crippen LogP contribution >= 0.6 is 0 Å². The second-order valence-electron chi connectivity index (χ2n) is 4.36. The van der Waals surface area contributed by atoms with Gasteiger partial charge in [-0.3, -0.25) is 20.2 Å². The van der Waals surface area contributed by atoms with Gasteiger partial charge in [0.2, 0.25) is 0 Å². The van der Waals surface area contributed by atoms with E-state index in [2.05, 4.69) is 0 Å². The van der Waals surface area contributed by atoms with E-state index in [0.29, 0.717) is 0 Å². The van der Waals surface area contributed by atoms with Crippen molar-refractivity contribution in [3.05, 3.63) is 80.4 Å². The predicted molar refractivity (Wildman–Crippen MR) is 80.9 cm³/mol. The first kappa shape index (κ1) is 15.8. The lowest BCUT2D eigenvalue weighted by molar-refractivity contribution is -0.394. The Morgan fingerprint density at radius 2 is 1.52 bits per heavy atom. The fourth-order valence-corrected chi connectivity index (χ4v) is 1.72. The topological polar surface area (TPSA) is 113 Å². The monoisotopic (exact) mass is 314 g/mol. The molecule has 0 saturated carbocycles. The SMILES string of the molecule is O=C(/C=C/c1ccccc1)Oc1cc([N+](=O)[O-])cc([N+](=O)[O-])c1. The van der Waals surface area contributed by atoms with Gasteiger partial charge in [0.05, 0.1) is 28.0 Å². The summed E-state index contributed by atoms with van der Waals surface area (Å²) < 4.78 is 4.88. The Kier molecular flexibility index (Phi) is 4.78. The Morgan fingerprint density at radius 1 is 0.957 bits per heavy atom. The summed E-state index contributed by atoms with van der Waals surface area (Å²) in [6.45, 7) is 0. The number of carbonyl (C=O) groups excluding carboxylic acids is 1. The summed E-state index contributed by atoms with van der Waals surface area (Å²) in [7, 11) is 0. The molecule has 2 aromatic rings. The third-order valence-electron chi connectivity index (χ3n) is 2.73. The minimum Gasteiger partial charge on any atom is -0.423 e. The van der Waals surface area contributed by atoms with Gasteiger partial charge in [0, 0.05) is 6.08 Å². The number of esters is 1. The van der Waals surface area contributed by atoms with Crippen LogP contribution in [0.25, 0.3) is 6.08 Å². The van der Waals surface area contributed by atoms with Gasteiger partial charge in [-0.15, -0.1) is 0 Å². The number of rotatable bonds is 5. The molecule has 0 aliphatic heterocycles. The highest BCUT2D eigenvalue weighted by Crippen LogP contribution is 2.27. The van der Waals surface area contributed by atoms with Gasteiger partial charge in [-0.2, -0.15) is 0 Å². The largest absolute Gasteiger partial charge is 0.423 e. The van der Waals surface area contributed by atoms with E-state index in [9.17, 15) is 25.0 Å². The molecule has 8 heteroatoms. The van der Waals surface area contributed by atoms with Crippen LogP contribution in [0.15, 0.2) is 54.6 Å². The maximum Gasteiger partial charge on any atom is 0.336 e. The van der Waals surface area contributed by atoms with E-state index in [4.69, 9.17) is 4.74 Å². The van der Waals surface area contributed by atoms with Crippen LogP contribution in [0.2, 0.25) is 0 Å². The van der Waals surface area contributed by atoms with Crippen molar-refractivity contribution in [2.24, 2.45) is 0 Å². The third kappa shape index (κ3) is 4.46. The Morgan fingerprint density at radius 3 is 2.04 bits per heavy atom. The zero-order valence-electron chi connectivity index (χ0n) is 11.6. The van der Waals surface area contributed by atoms with Crippen LogP contribution in [0.3, 0.4) is 0 Å². The van der Waals surface area contributed by atoms with Crippen LogP contribution < -0.4 is 4.74 Å². The number of hydrogen-bond donors (Lipinski definition) is 0. The highest BCUT2D eigenvalue weighted by Gasteiger charge is 2.18. The highest BCUT2D eigenvalue weighted by molar-refractivity contribution is 5.88. The summed E-state index contributed by atoms with van der Waals surface area (Å²) in [5, 5.41) is 21.5. The van der Waals surface area contributed by atoms with Crippen molar-refractivity contribution in [2.75, 3.05) is 0 Å². The number of nitro benzene ring substituents is 2. The summed E-state index contributed by atoms with van der Waals surface area (Å²) in [5.74, 6) is -1.07. The molecule has 2 aromatic carbocycles. The van der Waals surface area contributed by atoms with E-state index in [1.54, 1.807) is 24.3 Å². The van der Waals surface area contributed by atoms with Crippen LogP contribution in [-0.2, 0) is 4.79 Å². The average Bonchev–Trinajstić information content (AvgIpc) is 2.53. The van der Waals surface area contributed by atoms with Crippen molar-refractivity contribution in [1.82, 2.24) is 0 Å². The molecule has 0 heterocycles. The standard InChI is InChI=1S/C15H10N2O6/c18-15(7-6-11-4-2-1-3-5-11)23-14-9-12(16(19)20)8-13(10-14)17(21)22/h1-10H/b7-6+. The van der Waals surface area contributed by atoms with Crippen molar-refractivity contribution < 1.29 is 19.4 Å². The van der Waals surface area contributed by atoms with Crippen LogP contribution in [0.4, 0.5) is 11.4 Å². The number of ether oxygens (including phenoxy) is 1. The molecule has 116 valence electrons. The molecule has 0 aliphatic carbocycles. The summed E-state index contributed by atoms with van der Waals surface area (Å²) in [6.07, 6.45) is 2.62. The second-order valence-corrected chi connectivity index (χ2v) is 4.36. The molecule has 8 nitrogen and oxygen atoms in total. The fourth-order valence-electron chi connectivity index (χ4n) is 1.72. The third-order valence-corrected chi connectivity index (χ3v) is 2.73. The summed E-state index contributed by atoms with van der Waals surface area (Å²) in [5.41, 5.74) is -0.308. The number of hydrogen-bond acceptors (Lipinski definition) is 6. The summed E-state index contributed by atoms with van der Waals surface area (Å²) >= 11 is 0. The maximum absolute atomic E-state index is 11.7. The van der Waals surface area contributed by atoms with Gasteiger partial charge in [0.25, 0.3) is 11.4 Å². The number of benzene rings is 2. The van der Waals surface area contributed by atoms with Crippen molar-refractivity contribution >= 4 is 23.4 Å². The number of carbonyl (C=O) groups is 1. The second kappa shape index (κ2) is 6.94. The van der Waals surface area contributed by atoms with Crippen molar-refractivity contribution in [3.63, 3.8) is 0 Å². The Labute approximate surface area is 129 Å². The zero-order chi connectivity index (χ0) is 16.8. The number of nitro groups is 2. The Balaban J connectivity index is 2.18. The van der Waals surface area contributed by atoms with Gasteiger partial charge in [-0.25, -0.2) is 4.79 Å². The van der Waals surface area contributed by atoms with Crippen LogP contribution in [0.5, 0.6) is 5.75 Å². The molecular formula is C15H10N2O6. The van der Waals surface area contributed by atoms with Gasteiger partial charge < -0.3 is 4.74 Å². The first-order chi connectivity index (χ1) is 11.0. The lowest BCUT2D eigenvalue weighted by Crippen LogP contribution is -2.04. The predicted octanol–water partition coefficient (Wildman–Crippen LogP) is 3.12. The minimum absolute atomic E-state index is 0.270. The molecule has 0 saturated heterocycles. The summed E-state index contributed by atoms with van der Waals surface area (Å²) in [4.78, 5) is 31.6. The molecule has 0 spiro atoms. The van der Waals surface area contributed by atoms with Crippen molar-refractivity contribution in [2.45, 2.75) is 0 Å². The van der Waals surface area contributed by atoms with Gasteiger partial charge >= 0.3 is 5.97 Å². The zero-order valence-corrected chi connectivity index (χ0v) is 11.6. The molecule has 0 fully saturated rings. The lowest BCUT2D eigenvalue weighted by atomic mass is 10.2. The smallest absolute Gasteiger partial charge is 0.336 e. The Bertz CT molecular complexity index is 754. The van der Waals surface area contributed by atoms with E-state index >= 15 is 0 Å². The van der Waals surface area contributed by atoms with Crippen molar-refractivity contribution in [3.8, 4) is 5.75 Å². The molecule has 0 N–H and O–H groups in total. The van der Waals surface area contributed by atoms with Gasteiger partial charge in [-0.05, 0) is 11.6 Å². The minimum atomic E-state index is -0.802. The van der Waals surface area contributed by atoms with E-state index in [0.717, 1.165) is 29.8 Å². The van der Waals surface area contributed by atoms with Gasteiger partial charge in [0.1, 0.15) is 5.75 Å². The highest BCUT2D eigenvalue weighted by atomic mass is 16.6. The van der Waals surface area contributed by atoms with E-state index in [1.165, 1.54) is 6.08 Å². The molecule has 0 aliphatic rings. The van der Waals surface area contributed by atoms with E-state index in [-0.39, 0.29) is 5.75 Å². The van der Waals surface area contributed by atoms with Crippen LogP contribution in [0, 0.1) is 20.2 Å². The fraction of sp³-hybridized carbons (Fsp3) is 0. The maximum atomic E-state index is 11.7. The van der Waals surface area contributed by atoms with Crippen LogP contribution in [-0.4, -0.2) is 15.8 Å². The number of nitrogens with zero attached hydrogens (tertiary/aromatic N) is 2. The number of non-ortho nitro benzene ring substituents is 2. The van der Waals surface area contributed by atoms with Gasteiger partial charge in [0.15, 0.2) is 0 Å². The van der Waals surface area contributed by atoms with E-state index < -0.39 is 27.2 Å². The molecule has 0 bridgehead atoms. The molecule has 0 atom stereocenters. The Hall–Kier alpha value is -3.55. The first-order valence-corrected chi connectivity index (χ1v) is 6.34. The van der Waals surface area contributed by atoms with E-state index in [1.807, 2.05) is 6.07 Å². The van der Waals surface area contributed by atoms with Crippen LogP contribution in [0.1, 0.15) is 5.56 Å². The van der Waals surface area contributed by atoms with Crippen molar-refractivity contribution in [1.29, 1.82) is 0 Å². The molecular weight excluding hydrogens is 304 g/mol. The molecule has 0 unspecified atom stereocenters. The molecule has 0 aromatic heterocycles. The molecule has 23 heavy (non-hydrogen) atoms. The lowest BCUT2D eigenvalue weighted by Gasteiger charge is -2.01. The summed E-state index contributed by atoms with van der Waals surface area (Å²) in [6, 6.07) is 11.6. The first-order valence-electron chi connectivity index (χ1n) is 6.34. The normalized spacial score (nSPS) is 10.4. The quantitative estimate of drug-likeness (QED) is 0.275. The molecule has 0 radical (unpaired) electrons. The van der Waals surface area contributed by atoms with Gasteiger partial charge in [-0.1, -0.05) is 30.3 Å². The average molecular weight is 314 g/mol. The molecule has 2 rings (SSSR count). The molecule has 0 amide bonds.